The predicted molar refractivity (Wildman–Crippen MR) is 130 cm³/mol. The topological polar surface area (TPSA) is 169 Å². The van der Waals surface area contributed by atoms with E-state index in [0.717, 1.165) is 11.1 Å². The van der Waals surface area contributed by atoms with Gasteiger partial charge < -0.3 is 36.6 Å². The molecule has 1 unspecified atom stereocenters. The average Bonchev–Trinajstić information content (AvgIpc) is 2.87. The van der Waals surface area contributed by atoms with Crippen molar-refractivity contribution in [1.29, 1.82) is 0 Å². The number of pyridine rings is 2. The largest absolute Gasteiger partial charge is 0.394 e. The van der Waals surface area contributed by atoms with Gasteiger partial charge in [-0.05, 0) is 42.8 Å². The second-order valence-electron chi connectivity index (χ2n) is 7.55. The standard InChI is InChI=1S/C24H28N6O5/c1-2-26-21-18(22(32)30-20(14-31)23(33)34)9-10-19(29-21)16-5-7-17(8-6-16)28-24(35)27-13-15-4-3-11-25-12-15/h3-12,20,23,31,33-34H,2,13-14H2,1H3,(H,26,29)(H,30,32)(H2,27,28,35). The lowest BCUT2D eigenvalue weighted by Gasteiger charge is -2.19. The van der Waals surface area contributed by atoms with Crippen LogP contribution in [0.2, 0.25) is 0 Å². The van der Waals surface area contributed by atoms with E-state index in [1.54, 1.807) is 54.9 Å². The maximum Gasteiger partial charge on any atom is 0.319 e. The van der Waals surface area contributed by atoms with Crippen LogP contribution in [0, 0.1) is 0 Å². The molecule has 2 aromatic heterocycles. The molecule has 35 heavy (non-hydrogen) atoms. The second kappa shape index (κ2) is 12.4. The van der Waals surface area contributed by atoms with Crippen LogP contribution in [-0.2, 0) is 6.54 Å². The molecule has 0 fully saturated rings. The van der Waals surface area contributed by atoms with Crippen LogP contribution < -0.4 is 21.3 Å². The summed E-state index contributed by atoms with van der Waals surface area (Å²) in [5, 5.41) is 38.6. The van der Waals surface area contributed by atoms with Gasteiger partial charge >= 0.3 is 6.03 Å². The molecule has 2 heterocycles. The highest BCUT2D eigenvalue weighted by atomic mass is 16.5. The van der Waals surface area contributed by atoms with Crippen molar-refractivity contribution >= 4 is 23.4 Å². The summed E-state index contributed by atoms with van der Waals surface area (Å²) in [4.78, 5) is 33.3. The molecule has 0 aliphatic heterocycles. The van der Waals surface area contributed by atoms with E-state index in [9.17, 15) is 24.9 Å². The van der Waals surface area contributed by atoms with Crippen LogP contribution in [0.3, 0.4) is 0 Å². The van der Waals surface area contributed by atoms with Gasteiger partial charge in [-0.1, -0.05) is 18.2 Å². The number of urea groups is 1. The van der Waals surface area contributed by atoms with Gasteiger partial charge in [-0.15, -0.1) is 0 Å². The fourth-order valence-corrected chi connectivity index (χ4v) is 3.15. The van der Waals surface area contributed by atoms with Crippen LogP contribution in [0.4, 0.5) is 16.3 Å². The highest BCUT2D eigenvalue weighted by Gasteiger charge is 2.21. The van der Waals surface area contributed by atoms with Gasteiger partial charge in [0.1, 0.15) is 11.9 Å². The number of amides is 3. The molecule has 7 N–H and O–H groups in total. The Morgan fingerprint density at radius 3 is 2.46 bits per heavy atom. The quantitative estimate of drug-likeness (QED) is 0.213. The molecule has 0 saturated carbocycles. The van der Waals surface area contributed by atoms with Crippen LogP contribution in [-0.4, -0.2) is 62.7 Å². The number of hydrogen-bond donors (Lipinski definition) is 7. The summed E-state index contributed by atoms with van der Waals surface area (Å²) in [7, 11) is 0. The first-order chi connectivity index (χ1) is 16.9. The lowest BCUT2D eigenvalue weighted by Crippen LogP contribution is -2.46. The maximum atomic E-state index is 12.6. The molecule has 11 nitrogen and oxygen atoms in total. The highest BCUT2D eigenvalue weighted by Crippen LogP contribution is 2.24. The number of hydrogen-bond acceptors (Lipinski definition) is 8. The summed E-state index contributed by atoms with van der Waals surface area (Å²) in [6.45, 7) is 2.07. The van der Waals surface area contributed by atoms with Gasteiger partial charge in [0.2, 0.25) is 0 Å². The van der Waals surface area contributed by atoms with Gasteiger partial charge in [-0.2, -0.15) is 0 Å². The average molecular weight is 481 g/mol. The SMILES string of the molecule is CCNc1nc(-c2ccc(NC(=O)NCc3cccnc3)cc2)ccc1C(=O)NC(CO)C(O)O. The van der Waals surface area contributed by atoms with E-state index >= 15 is 0 Å². The molecule has 0 aliphatic rings. The van der Waals surface area contributed by atoms with E-state index in [1.807, 2.05) is 13.0 Å². The van der Waals surface area contributed by atoms with Crippen molar-refractivity contribution in [2.75, 3.05) is 23.8 Å². The lowest BCUT2D eigenvalue weighted by molar-refractivity contribution is -0.0755. The Hall–Kier alpha value is -4.06. The minimum Gasteiger partial charge on any atom is -0.394 e. The molecule has 11 heteroatoms. The number of benzene rings is 1. The van der Waals surface area contributed by atoms with Crippen molar-refractivity contribution in [3.8, 4) is 11.3 Å². The Balaban J connectivity index is 1.68. The molecule has 0 bridgehead atoms. The molecule has 0 saturated heterocycles. The van der Waals surface area contributed by atoms with Gasteiger partial charge in [-0.25, -0.2) is 9.78 Å². The fraction of sp³-hybridized carbons (Fsp3) is 0.250. The van der Waals surface area contributed by atoms with Crippen molar-refractivity contribution in [2.45, 2.75) is 25.8 Å². The normalized spacial score (nSPS) is 11.6. The number of anilines is 2. The predicted octanol–water partition coefficient (Wildman–Crippen LogP) is 1.30. The molecule has 1 atom stereocenters. The van der Waals surface area contributed by atoms with Gasteiger partial charge in [0, 0.05) is 36.7 Å². The smallest absolute Gasteiger partial charge is 0.319 e. The third-order valence-electron chi connectivity index (χ3n) is 4.97. The van der Waals surface area contributed by atoms with Crippen LogP contribution in [0.15, 0.2) is 60.9 Å². The third-order valence-corrected chi connectivity index (χ3v) is 4.97. The van der Waals surface area contributed by atoms with Crippen LogP contribution in [0.1, 0.15) is 22.8 Å². The molecular formula is C24H28N6O5. The second-order valence-corrected chi connectivity index (χ2v) is 7.55. The minimum atomic E-state index is -1.90. The summed E-state index contributed by atoms with van der Waals surface area (Å²) in [6.07, 6.45) is 1.45. The molecular weight excluding hydrogens is 452 g/mol. The van der Waals surface area contributed by atoms with Crippen molar-refractivity contribution < 1.29 is 24.9 Å². The molecule has 3 aromatic rings. The monoisotopic (exact) mass is 480 g/mol. The maximum absolute atomic E-state index is 12.6. The number of aliphatic hydroxyl groups is 3. The minimum absolute atomic E-state index is 0.193. The van der Waals surface area contributed by atoms with Crippen LogP contribution in [0.25, 0.3) is 11.3 Å². The van der Waals surface area contributed by atoms with E-state index in [-0.39, 0.29) is 11.6 Å². The van der Waals surface area contributed by atoms with Crippen molar-refractivity contribution in [2.24, 2.45) is 0 Å². The Morgan fingerprint density at radius 1 is 1.06 bits per heavy atom. The molecule has 0 aliphatic carbocycles. The molecule has 3 amide bonds. The Kier molecular flexibility index (Phi) is 9.07. The Labute approximate surface area is 202 Å². The van der Waals surface area contributed by atoms with E-state index in [0.29, 0.717) is 30.3 Å². The lowest BCUT2D eigenvalue weighted by atomic mass is 10.1. The van der Waals surface area contributed by atoms with Crippen molar-refractivity contribution in [1.82, 2.24) is 20.6 Å². The number of nitrogens with zero attached hydrogens (tertiary/aromatic N) is 2. The van der Waals surface area contributed by atoms with E-state index in [2.05, 4.69) is 31.2 Å². The van der Waals surface area contributed by atoms with Crippen molar-refractivity contribution in [3.05, 3.63) is 72.1 Å². The molecule has 1 aromatic carbocycles. The zero-order valence-electron chi connectivity index (χ0n) is 19.1. The first-order valence-corrected chi connectivity index (χ1v) is 11.0. The number of carbonyl (C=O) groups is 2. The number of aromatic nitrogens is 2. The molecule has 3 rings (SSSR count). The van der Waals surface area contributed by atoms with Gasteiger partial charge in [0.25, 0.3) is 5.91 Å². The first-order valence-electron chi connectivity index (χ1n) is 11.0. The third kappa shape index (κ3) is 7.21. The number of aliphatic hydroxyl groups excluding tert-OH is 2. The Bertz CT molecular complexity index is 1130. The van der Waals surface area contributed by atoms with E-state index in [4.69, 9.17) is 0 Å². The summed E-state index contributed by atoms with van der Waals surface area (Å²) < 4.78 is 0. The molecule has 0 radical (unpaired) electrons. The number of carbonyl (C=O) groups excluding carboxylic acids is 2. The van der Waals surface area contributed by atoms with Gasteiger partial charge in [0.15, 0.2) is 6.29 Å². The highest BCUT2D eigenvalue weighted by molar-refractivity contribution is 5.99. The molecule has 0 spiro atoms. The van der Waals surface area contributed by atoms with E-state index in [1.165, 1.54) is 0 Å². The number of rotatable bonds is 10. The van der Waals surface area contributed by atoms with E-state index < -0.39 is 24.8 Å². The number of nitrogens with one attached hydrogen (secondary N) is 4. The van der Waals surface area contributed by atoms with Gasteiger partial charge in [-0.3, -0.25) is 9.78 Å². The van der Waals surface area contributed by atoms with Crippen LogP contribution >= 0.6 is 0 Å². The Morgan fingerprint density at radius 2 is 1.83 bits per heavy atom. The first kappa shape index (κ1) is 25.6. The molecule has 184 valence electrons. The summed E-state index contributed by atoms with van der Waals surface area (Å²) in [5.74, 6) is -0.299. The summed E-state index contributed by atoms with van der Waals surface area (Å²) >= 11 is 0. The summed E-state index contributed by atoms with van der Waals surface area (Å²) in [5.41, 5.74) is 3.02. The zero-order valence-corrected chi connectivity index (χ0v) is 19.1. The van der Waals surface area contributed by atoms with Gasteiger partial charge in [0.05, 0.1) is 17.9 Å². The van der Waals surface area contributed by atoms with Crippen LogP contribution in [0.5, 0.6) is 0 Å². The fourth-order valence-electron chi connectivity index (χ4n) is 3.15. The summed E-state index contributed by atoms with van der Waals surface area (Å²) in [6, 6.07) is 12.4. The zero-order chi connectivity index (χ0) is 25.2. The van der Waals surface area contributed by atoms with Crippen molar-refractivity contribution in [3.63, 3.8) is 0 Å².